The van der Waals surface area contributed by atoms with Gasteiger partial charge in [-0.1, -0.05) is 48.5 Å². The highest BCUT2D eigenvalue weighted by Gasteiger charge is 2.59. The monoisotopic (exact) mass is 363 g/mol. The summed E-state index contributed by atoms with van der Waals surface area (Å²) in [5, 5.41) is 3.02. The van der Waals surface area contributed by atoms with Gasteiger partial charge in [-0.05, 0) is 24.8 Å². The van der Waals surface area contributed by atoms with Crippen LogP contribution in [0.2, 0.25) is 0 Å². The van der Waals surface area contributed by atoms with Crippen LogP contribution in [0.4, 0.5) is 4.39 Å². The number of nitrogens with one attached hydrogen (secondary N) is 1. The van der Waals surface area contributed by atoms with Crippen LogP contribution in [0, 0.1) is 17.7 Å². The molecule has 0 aromatic heterocycles. The third-order valence-electron chi connectivity index (χ3n) is 6.36. The van der Waals surface area contributed by atoms with Crippen molar-refractivity contribution < 1.29 is 9.18 Å². The van der Waals surface area contributed by atoms with Crippen LogP contribution in [0.25, 0.3) is 0 Å². The number of carbonyl (C=O) groups is 1. The average molecular weight is 363 g/mol. The number of amidine groups is 1. The summed E-state index contributed by atoms with van der Waals surface area (Å²) in [6.07, 6.45) is 1.80. The largest absolute Gasteiger partial charge is 0.308 e. The lowest BCUT2D eigenvalue weighted by atomic mass is 9.85. The molecule has 1 saturated carbocycles. The van der Waals surface area contributed by atoms with Gasteiger partial charge < -0.3 is 5.32 Å². The molecule has 138 valence electrons. The molecule has 0 radical (unpaired) electrons. The first-order valence-electron chi connectivity index (χ1n) is 9.58. The minimum absolute atomic E-state index is 0.0293. The van der Waals surface area contributed by atoms with Crippen molar-refractivity contribution in [2.75, 3.05) is 13.1 Å². The molecule has 4 nitrogen and oxygen atoms in total. The van der Waals surface area contributed by atoms with E-state index < -0.39 is 5.54 Å². The number of halogens is 1. The van der Waals surface area contributed by atoms with E-state index in [0.717, 1.165) is 37.1 Å². The molecule has 27 heavy (non-hydrogen) atoms. The van der Waals surface area contributed by atoms with Crippen molar-refractivity contribution in [3.63, 3.8) is 0 Å². The Balaban J connectivity index is 1.39. The van der Waals surface area contributed by atoms with Gasteiger partial charge in [0.1, 0.15) is 17.2 Å². The Kier molecular flexibility index (Phi) is 3.86. The van der Waals surface area contributed by atoms with Crippen LogP contribution in [0.15, 0.2) is 59.6 Å². The van der Waals surface area contributed by atoms with Crippen molar-refractivity contribution in [2.24, 2.45) is 16.8 Å². The SMILES string of the molecule is O=C1NC(c2ccccc2)=N[C@@]12CC[C@@H]1CN(Cc3ccccc3F)C[C@@H]12. The molecule has 2 aliphatic heterocycles. The normalized spacial score (nSPS) is 29.8. The third kappa shape index (κ3) is 2.69. The van der Waals surface area contributed by atoms with E-state index in [4.69, 9.17) is 4.99 Å². The summed E-state index contributed by atoms with van der Waals surface area (Å²) >= 11 is 0. The number of rotatable bonds is 3. The maximum atomic E-state index is 14.0. The molecule has 1 N–H and O–H groups in total. The van der Waals surface area contributed by atoms with Crippen LogP contribution >= 0.6 is 0 Å². The topological polar surface area (TPSA) is 44.7 Å². The number of hydrogen-bond acceptors (Lipinski definition) is 3. The quantitative estimate of drug-likeness (QED) is 0.911. The molecule has 1 spiro atoms. The van der Waals surface area contributed by atoms with E-state index in [1.165, 1.54) is 6.07 Å². The van der Waals surface area contributed by atoms with Crippen molar-refractivity contribution in [1.82, 2.24) is 10.2 Å². The minimum Gasteiger partial charge on any atom is -0.308 e. The zero-order valence-corrected chi connectivity index (χ0v) is 15.1. The van der Waals surface area contributed by atoms with E-state index in [1.807, 2.05) is 42.5 Å². The van der Waals surface area contributed by atoms with Crippen LogP contribution in [0.5, 0.6) is 0 Å². The second-order valence-corrected chi connectivity index (χ2v) is 7.90. The van der Waals surface area contributed by atoms with E-state index in [0.29, 0.717) is 18.3 Å². The zero-order chi connectivity index (χ0) is 18.4. The molecule has 2 aromatic rings. The maximum Gasteiger partial charge on any atom is 0.253 e. The summed E-state index contributed by atoms with van der Waals surface area (Å²) in [5.41, 5.74) is 1.02. The van der Waals surface area contributed by atoms with Gasteiger partial charge in [0, 0.05) is 36.7 Å². The Bertz CT molecular complexity index is 913. The van der Waals surface area contributed by atoms with Crippen molar-refractivity contribution in [1.29, 1.82) is 0 Å². The number of likely N-dealkylation sites (tertiary alicyclic amines) is 1. The minimum atomic E-state index is -0.653. The fraction of sp³-hybridized carbons (Fsp3) is 0.364. The lowest BCUT2D eigenvalue weighted by molar-refractivity contribution is -0.125. The molecule has 1 saturated heterocycles. The van der Waals surface area contributed by atoms with E-state index in [9.17, 15) is 9.18 Å². The number of aliphatic imine (C=N–C) groups is 1. The fourth-order valence-corrected chi connectivity index (χ4v) is 5.03. The van der Waals surface area contributed by atoms with E-state index in [-0.39, 0.29) is 17.6 Å². The Morgan fingerprint density at radius 2 is 1.89 bits per heavy atom. The molecule has 0 bridgehead atoms. The summed E-state index contributed by atoms with van der Waals surface area (Å²) in [6.45, 7) is 2.29. The first-order valence-corrected chi connectivity index (χ1v) is 9.58. The summed E-state index contributed by atoms with van der Waals surface area (Å²) in [7, 11) is 0. The van der Waals surface area contributed by atoms with Gasteiger partial charge in [-0.3, -0.25) is 14.7 Å². The summed E-state index contributed by atoms with van der Waals surface area (Å²) in [6, 6.07) is 16.8. The van der Waals surface area contributed by atoms with Gasteiger partial charge in [-0.25, -0.2) is 4.39 Å². The van der Waals surface area contributed by atoms with Gasteiger partial charge in [0.05, 0.1) is 0 Å². The second kappa shape index (κ2) is 6.27. The molecule has 2 heterocycles. The highest BCUT2D eigenvalue weighted by molar-refractivity contribution is 6.15. The van der Waals surface area contributed by atoms with Crippen molar-refractivity contribution in [3.8, 4) is 0 Å². The lowest BCUT2D eigenvalue weighted by Gasteiger charge is -2.25. The first-order chi connectivity index (χ1) is 13.2. The highest BCUT2D eigenvalue weighted by atomic mass is 19.1. The summed E-state index contributed by atoms with van der Waals surface area (Å²) < 4.78 is 14.0. The first kappa shape index (κ1) is 16.6. The molecule has 3 atom stereocenters. The Labute approximate surface area is 158 Å². The Morgan fingerprint density at radius 1 is 1.11 bits per heavy atom. The van der Waals surface area contributed by atoms with Gasteiger partial charge in [0.2, 0.25) is 0 Å². The molecule has 5 rings (SSSR count). The number of amides is 1. The predicted molar refractivity (Wildman–Crippen MR) is 102 cm³/mol. The van der Waals surface area contributed by atoms with Gasteiger partial charge in [0.15, 0.2) is 0 Å². The number of hydrogen-bond donors (Lipinski definition) is 1. The molecule has 2 fully saturated rings. The number of nitrogens with zero attached hydrogens (tertiary/aromatic N) is 2. The van der Waals surface area contributed by atoms with Crippen molar-refractivity contribution >= 4 is 11.7 Å². The van der Waals surface area contributed by atoms with Crippen LogP contribution in [-0.4, -0.2) is 35.3 Å². The number of fused-ring (bicyclic) bond motifs is 2. The molecule has 2 aromatic carbocycles. The molecule has 0 unspecified atom stereocenters. The van der Waals surface area contributed by atoms with Gasteiger partial charge in [-0.15, -0.1) is 0 Å². The second-order valence-electron chi connectivity index (χ2n) is 7.90. The van der Waals surface area contributed by atoms with Crippen molar-refractivity contribution in [3.05, 3.63) is 71.5 Å². The fourth-order valence-electron chi connectivity index (χ4n) is 5.03. The van der Waals surface area contributed by atoms with Gasteiger partial charge in [-0.2, -0.15) is 0 Å². The maximum absolute atomic E-state index is 14.0. The average Bonchev–Trinajstić information content (AvgIpc) is 3.34. The Morgan fingerprint density at radius 3 is 2.70 bits per heavy atom. The molecule has 1 amide bonds. The zero-order valence-electron chi connectivity index (χ0n) is 15.1. The van der Waals surface area contributed by atoms with Crippen molar-refractivity contribution in [2.45, 2.75) is 24.9 Å². The van der Waals surface area contributed by atoms with Gasteiger partial charge >= 0.3 is 0 Å². The number of carbonyl (C=O) groups excluding carboxylic acids is 1. The third-order valence-corrected chi connectivity index (χ3v) is 6.36. The smallest absolute Gasteiger partial charge is 0.253 e. The summed E-state index contributed by atoms with van der Waals surface area (Å²) in [5.74, 6) is 1.20. The standard InChI is InChI=1S/C22H22FN3O/c23-19-9-5-4-8-17(19)13-26-12-16-10-11-22(18(16)14-26)21(27)24-20(25-22)15-6-2-1-3-7-15/h1-9,16,18H,10-14H2,(H,24,25,27)/t16-,18+,22-/m1/s1. The number of benzene rings is 2. The van der Waals surface area contributed by atoms with E-state index in [1.54, 1.807) is 6.07 Å². The molecular formula is C22H22FN3O. The molecule has 5 heteroatoms. The van der Waals surface area contributed by atoms with Crippen LogP contribution in [-0.2, 0) is 11.3 Å². The molecule has 3 aliphatic rings. The van der Waals surface area contributed by atoms with E-state index >= 15 is 0 Å². The van der Waals surface area contributed by atoms with Gasteiger partial charge in [0.25, 0.3) is 5.91 Å². The lowest BCUT2D eigenvalue weighted by Crippen LogP contribution is -2.44. The highest BCUT2D eigenvalue weighted by Crippen LogP contribution is 2.49. The molecule has 1 aliphatic carbocycles. The molecular weight excluding hydrogens is 341 g/mol. The Hall–Kier alpha value is -2.53. The van der Waals surface area contributed by atoms with Crippen LogP contribution in [0.3, 0.4) is 0 Å². The predicted octanol–water partition coefficient (Wildman–Crippen LogP) is 2.98. The van der Waals surface area contributed by atoms with E-state index in [2.05, 4.69) is 10.2 Å². The van der Waals surface area contributed by atoms with Crippen LogP contribution < -0.4 is 5.32 Å². The summed E-state index contributed by atoms with van der Waals surface area (Å²) in [4.78, 5) is 20.1. The van der Waals surface area contributed by atoms with Crippen LogP contribution in [0.1, 0.15) is 24.0 Å².